The van der Waals surface area contributed by atoms with E-state index in [9.17, 15) is 9.90 Å². The van der Waals surface area contributed by atoms with Crippen LogP contribution >= 0.6 is 0 Å². The van der Waals surface area contributed by atoms with Gasteiger partial charge in [0.1, 0.15) is 0 Å². The second-order valence-corrected chi connectivity index (χ2v) is 7.30. The number of hydrogen-bond acceptors (Lipinski definition) is 2. The van der Waals surface area contributed by atoms with Gasteiger partial charge in [0, 0.05) is 13.5 Å². The lowest BCUT2D eigenvalue weighted by molar-refractivity contribution is -0.118. The van der Waals surface area contributed by atoms with E-state index in [1.807, 2.05) is 0 Å². The molecule has 0 rings (SSSR count). The van der Waals surface area contributed by atoms with Crippen LogP contribution in [0.4, 0.5) is 0 Å². The third-order valence-corrected chi connectivity index (χ3v) is 4.64. The maximum Gasteiger partial charge on any atom is 0.216 e. The molecule has 0 aromatic carbocycles. The Bertz CT molecular complexity index is 315. The van der Waals surface area contributed by atoms with Crippen LogP contribution < -0.4 is 5.32 Å². The first-order chi connectivity index (χ1) is 12.2. The fourth-order valence-corrected chi connectivity index (χ4v) is 3.02. The van der Waals surface area contributed by atoms with E-state index in [2.05, 4.69) is 24.4 Å². The summed E-state index contributed by atoms with van der Waals surface area (Å²) in [7, 11) is 0. The second kappa shape index (κ2) is 19.5. The van der Waals surface area contributed by atoms with Gasteiger partial charge in [-0.2, -0.15) is 0 Å². The molecule has 0 aliphatic heterocycles. The first-order valence-corrected chi connectivity index (χ1v) is 10.7. The molecule has 0 aliphatic rings. The van der Waals surface area contributed by atoms with Crippen LogP contribution in [0.1, 0.15) is 110 Å². The van der Waals surface area contributed by atoms with Gasteiger partial charge in [0.2, 0.25) is 5.91 Å². The largest absolute Gasteiger partial charge is 0.393 e. The summed E-state index contributed by atoms with van der Waals surface area (Å²) in [5.41, 5.74) is 0. The molecule has 0 aromatic heterocycles. The maximum atomic E-state index is 10.7. The van der Waals surface area contributed by atoms with Crippen LogP contribution in [0.5, 0.6) is 0 Å². The fraction of sp³-hybridized carbons (Fsp3) is 0.864. The Hall–Kier alpha value is -0.830. The topological polar surface area (TPSA) is 49.3 Å². The lowest BCUT2D eigenvalue weighted by atomic mass is 10.0. The molecule has 1 atom stereocenters. The number of hydrogen-bond donors (Lipinski definition) is 2. The minimum atomic E-state index is -0.200. The van der Waals surface area contributed by atoms with E-state index in [1.165, 1.54) is 77.6 Å². The molecule has 148 valence electrons. The number of unbranched alkanes of at least 4 members (excludes halogenated alkanes) is 10. The Morgan fingerprint density at radius 1 is 0.840 bits per heavy atom. The Balaban J connectivity index is 3.21. The number of allylic oxidation sites excluding steroid dienone is 2. The van der Waals surface area contributed by atoms with Crippen LogP contribution in [0.25, 0.3) is 0 Å². The van der Waals surface area contributed by atoms with Crippen molar-refractivity contribution in [3.63, 3.8) is 0 Å². The zero-order valence-corrected chi connectivity index (χ0v) is 16.9. The zero-order valence-electron chi connectivity index (χ0n) is 16.9. The minimum absolute atomic E-state index is 0.0105. The van der Waals surface area contributed by atoms with Crippen LogP contribution in [0.3, 0.4) is 0 Å². The van der Waals surface area contributed by atoms with E-state index in [0.29, 0.717) is 6.54 Å². The summed E-state index contributed by atoms with van der Waals surface area (Å²) in [5.74, 6) is 0.0105. The van der Waals surface area contributed by atoms with Gasteiger partial charge in [0.15, 0.2) is 0 Å². The second-order valence-electron chi connectivity index (χ2n) is 7.30. The standard InChI is InChI=1S/C22H43NO2/c1-3-4-5-6-7-8-9-10-11-12-13-14-15-16-18-22(25)19-17-20-23-21(2)24/h9-10,22,25H,3-8,11-20H2,1-2H3,(H,23,24). The molecule has 1 unspecified atom stereocenters. The molecule has 0 heterocycles. The molecule has 25 heavy (non-hydrogen) atoms. The summed E-state index contributed by atoms with van der Waals surface area (Å²) in [5, 5.41) is 12.6. The van der Waals surface area contributed by atoms with Gasteiger partial charge in [0.25, 0.3) is 0 Å². The number of nitrogens with one attached hydrogen (secondary N) is 1. The third kappa shape index (κ3) is 21.1. The van der Waals surface area contributed by atoms with E-state index in [4.69, 9.17) is 0 Å². The fourth-order valence-electron chi connectivity index (χ4n) is 3.02. The van der Waals surface area contributed by atoms with Gasteiger partial charge < -0.3 is 10.4 Å². The first-order valence-electron chi connectivity index (χ1n) is 10.7. The summed E-state index contributed by atoms with van der Waals surface area (Å²) in [4.78, 5) is 10.7. The first kappa shape index (κ1) is 24.2. The van der Waals surface area contributed by atoms with Crippen molar-refractivity contribution in [3.05, 3.63) is 12.2 Å². The van der Waals surface area contributed by atoms with Crippen molar-refractivity contribution in [1.82, 2.24) is 5.32 Å². The van der Waals surface area contributed by atoms with Crippen molar-refractivity contribution in [3.8, 4) is 0 Å². The van der Waals surface area contributed by atoms with Crippen LogP contribution in [0.2, 0.25) is 0 Å². The number of aliphatic hydroxyl groups excluding tert-OH is 1. The summed E-state index contributed by atoms with van der Waals surface area (Å²) >= 11 is 0. The van der Waals surface area contributed by atoms with Gasteiger partial charge in [-0.05, 0) is 44.9 Å². The summed E-state index contributed by atoms with van der Waals surface area (Å²) in [6.45, 7) is 4.47. The molecular formula is C22H43NO2. The van der Waals surface area contributed by atoms with Crippen molar-refractivity contribution in [2.75, 3.05) is 6.54 Å². The van der Waals surface area contributed by atoms with Gasteiger partial charge in [-0.25, -0.2) is 0 Å². The van der Waals surface area contributed by atoms with E-state index in [-0.39, 0.29) is 12.0 Å². The average molecular weight is 354 g/mol. The molecule has 0 saturated carbocycles. The van der Waals surface area contributed by atoms with E-state index in [1.54, 1.807) is 0 Å². The van der Waals surface area contributed by atoms with Crippen molar-refractivity contribution in [2.24, 2.45) is 0 Å². The predicted octanol–water partition coefficient (Wildman–Crippen LogP) is 5.91. The molecule has 0 aromatic rings. The van der Waals surface area contributed by atoms with Crippen LogP contribution in [-0.2, 0) is 4.79 Å². The van der Waals surface area contributed by atoms with Crippen LogP contribution in [0, 0.1) is 0 Å². The van der Waals surface area contributed by atoms with Crippen molar-refractivity contribution in [2.45, 2.75) is 116 Å². The monoisotopic (exact) mass is 353 g/mol. The van der Waals surface area contributed by atoms with E-state index < -0.39 is 0 Å². The lowest BCUT2D eigenvalue weighted by Gasteiger charge is -2.10. The number of carbonyl (C=O) groups is 1. The molecular weight excluding hydrogens is 310 g/mol. The Morgan fingerprint density at radius 3 is 1.96 bits per heavy atom. The molecule has 3 heteroatoms. The summed E-state index contributed by atoms with van der Waals surface area (Å²) in [6.07, 6.45) is 22.6. The predicted molar refractivity (Wildman–Crippen MR) is 109 cm³/mol. The van der Waals surface area contributed by atoms with Gasteiger partial charge in [0.05, 0.1) is 6.10 Å². The highest BCUT2D eigenvalue weighted by Crippen LogP contribution is 2.12. The van der Waals surface area contributed by atoms with Gasteiger partial charge >= 0.3 is 0 Å². The normalized spacial score (nSPS) is 12.6. The maximum absolute atomic E-state index is 10.7. The number of amides is 1. The Labute approximate surface area is 156 Å². The highest BCUT2D eigenvalue weighted by atomic mass is 16.3. The smallest absolute Gasteiger partial charge is 0.216 e. The van der Waals surface area contributed by atoms with Gasteiger partial charge in [-0.3, -0.25) is 4.79 Å². The average Bonchev–Trinajstić information content (AvgIpc) is 2.59. The molecule has 0 aliphatic carbocycles. The number of aliphatic hydroxyl groups is 1. The van der Waals surface area contributed by atoms with Gasteiger partial charge in [-0.15, -0.1) is 0 Å². The number of carbonyl (C=O) groups excluding carboxylic acids is 1. The Morgan fingerprint density at radius 2 is 1.36 bits per heavy atom. The number of rotatable bonds is 18. The van der Waals surface area contributed by atoms with Crippen molar-refractivity contribution in [1.29, 1.82) is 0 Å². The summed E-state index contributed by atoms with van der Waals surface area (Å²) < 4.78 is 0. The molecule has 1 amide bonds. The molecule has 3 nitrogen and oxygen atoms in total. The quantitative estimate of drug-likeness (QED) is 0.238. The molecule has 0 spiro atoms. The molecule has 0 fully saturated rings. The summed E-state index contributed by atoms with van der Waals surface area (Å²) in [6, 6.07) is 0. The highest BCUT2D eigenvalue weighted by molar-refractivity contribution is 5.72. The van der Waals surface area contributed by atoms with Crippen LogP contribution in [0.15, 0.2) is 12.2 Å². The SMILES string of the molecule is CCCCCCCC=CCCCCCCCC(O)CCCNC(C)=O. The highest BCUT2D eigenvalue weighted by Gasteiger charge is 2.03. The van der Waals surface area contributed by atoms with E-state index in [0.717, 1.165) is 25.7 Å². The minimum Gasteiger partial charge on any atom is -0.393 e. The molecule has 0 bridgehead atoms. The molecule has 2 N–H and O–H groups in total. The van der Waals surface area contributed by atoms with E-state index >= 15 is 0 Å². The Kier molecular flexibility index (Phi) is 18.8. The van der Waals surface area contributed by atoms with Gasteiger partial charge in [-0.1, -0.05) is 70.4 Å². The lowest BCUT2D eigenvalue weighted by Crippen LogP contribution is -2.22. The molecule has 0 saturated heterocycles. The van der Waals surface area contributed by atoms with Crippen LogP contribution in [-0.4, -0.2) is 23.7 Å². The zero-order chi connectivity index (χ0) is 18.6. The van der Waals surface area contributed by atoms with Crippen molar-refractivity contribution < 1.29 is 9.90 Å². The molecule has 0 radical (unpaired) electrons. The third-order valence-electron chi connectivity index (χ3n) is 4.64. The van der Waals surface area contributed by atoms with Crippen molar-refractivity contribution >= 4 is 5.91 Å².